The van der Waals surface area contributed by atoms with Crippen molar-refractivity contribution in [2.75, 3.05) is 7.11 Å². The van der Waals surface area contributed by atoms with Crippen molar-refractivity contribution in [3.05, 3.63) is 74.6 Å². The molecule has 8 nitrogen and oxygen atoms in total. The van der Waals surface area contributed by atoms with E-state index < -0.39 is 5.91 Å². The molecule has 0 fully saturated rings. The summed E-state index contributed by atoms with van der Waals surface area (Å²) >= 11 is 1.57. The number of aryl methyl sites for hydroxylation is 1. The zero-order chi connectivity index (χ0) is 20.6. The number of nitrogens with one attached hydrogen (secondary N) is 1. The third-order valence-electron chi connectivity index (χ3n) is 3.85. The van der Waals surface area contributed by atoms with Gasteiger partial charge in [0.1, 0.15) is 13.2 Å². The van der Waals surface area contributed by atoms with E-state index >= 15 is 0 Å². The minimum absolute atomic E-state index is 0.108. The molecular formula is C20H20N4O4S. The lowest BCUT2D eigenvalue weighted by atomic mass is 10.2. The van der Waals surface area contributed by atoms with Crippen LogP contribution < -0.4 is 20.5 Å². The fourth-order valence-electron chi connectivity index (χ4n) is 2.47. The van der Waals surface area contributed by atoms with E-state index in [-0.39, 0.29) is 12.1 Å². The number of aromatic nitrogens is 2. The van der Waals surface area contributed by atoms with Crippen LogP contribution in [-0.4, -0.2) is 28.8 Å². The Morgan fingerprint density at radius 3 is 2.90 bits per heavy atom. The third-order valence-corrected chi connectivity index (χ3v) is 4.67. The van der Waals surface area contributed by atoms with Crippen LogP contribution in [0.1, 0.15) is 16.3 Å². The van der Waals surface area contributed by atoms with Gasteiger partial charge in [-0.1, -0.05) is 6.07 Å². The minimum Gasteiger partial charge on any atom is -0.493 e. The summed E-state index contributed by atoms with van der Waals surface area (Å²) in [6.07, 6.45) is 3.03. The van der Waals surface area contributed by atoms with E-state index in [0.29, 0.717) is 18.1 Å². The molecule has 9 heteroatoms. The Hall–Kier alpha value is -3.46. The number of thiazole rings is 1. The summed E-state index contributed by atoms with van der Waals surface area (Å²) in [5, 5.41) is 6.86. The van der Waals surface area contributed by atoms with Crippen LogP contribution in [0.4, 0.5) is 0 Å². The SMILES string of the molecule is COc1cc(/C=N\NC(=O)Cn2ccccc2=O)ccc1OCc1csc(C)n1. The summed E-state index contributed by atoms with van der Waals surface area (Å²) in [5.41, 5.74) is 3.73. The van der Waals surface area contributed by atoms with Crippen molar-refractivity contribution in [3.63, 3.8) is 0 Å². The summed E-state index contributed by atoms with van der Waals surface area (Å²) in [5.74, 6) is 0.728. The molecule has 0 aliphatic carbocycles. The lowest BCUT2D eigenvalue weighted by Crippen LogP contribution is -2.28. The van der Waals surface area contributed by atoms with Gasteiger partial charge in [0.05, 0.1) is 24.0 Å². The highest BCUT2D eigenvalue weighted by molar-refractivity contribution is 7.09. The number of carbonyl (C=O) groups excluding carboxylic acids is 1. The molecule has 2 heterocycles. The van der Waals surface area contributed by atoms with Crippen molar-refractivity contribution >= 4 is 23.5 Å². The average molecular weight is 412 g/mol. The minimum atomic E-state index is -0.403. The second-order valence-corrected chi connectivity index (χ2v) is 7.08. The normalized spacial score (nSPS) is 10.8. The number of carbonyl (C=O) groups is 1. The van der Waals surface area contributed by atoms with Crippen molar-refractivity contribution in [1.29, 1.82) is 0 Å². The van der Waals surface area contributed by atoms with Crippen LogP contribution in [-0.2, 0) is 17.9 Å². The van der Waals surface area contributed by atoms with Crippen LogP contribution in [0.3, 0.4) is 0 Å². The highest BCUT2D eigenvalue weighted by atomic mass is 32.1. The van der Waals surface area contributed by atoms with Crippen LogP contribution in [0.2, 0.25) is 0 Å². The second kappa shape index (κ2) is 9.65. The number of hydrogen-bond donors (Lipinski definition) is 1. The van der Waals surface area contributed by atoms with Crippen LogP contribution in [0.25, 0.3) is 0 Å². The summed E-state index contributed by atoms with van der Waals surface area (Å²) in [6, 6.07) is 10.0. The molecule has 1 aromatic carbocycles. The average Bonchev–Trinajstić information content (AvgIpc) is 3.13. The summed E-state index contributed by atoms with van der Waals surface area (Å²) in [4.78, 5) is 27.9. The molecular weight excluding hydrogens is 392 g/mol. The molecule has 29 heavy (non-hydrogen) atoms. The predicted molar refractivity (Wildman–Crippen MR) is 111 cm³/mol. The van der Waals surface area contributed by atoms with E-state index in [9.17, 15) is 9.59 Å². The number of rotatable bonds is 8. The van der Waals surface area contributed by atoms with Gasteiger partial charge >= 0.3 is 0 Å². The first-order valence-electron chi connectivity index (χ1n) is 8.74. The van der Waals surface area contributed by atoms with E-state index in [1.165, 1.54) is 16.8 Å². The second-order valence-electron chi connectivity index (χ2n) is 6.02. The number of methoxy groups -OCH3 is 1. The predicted octanol–water partition coefficient (Wildman–Crippen LogP) is 2.35. The maximum absolute atomic E-state index is 11.9. The molecule has 0 aliphatic rings. The number of hydrazone groups is 1. The Bertz CT molecular complexity index is 1070. The highest BCUT2D eigenvalue weighted by Crippen LogP contribution is 2.28. The molecule has 0 aliphatic heterocycles. The molecule has 0 spiro atoms. The molecule has 150 valence electrons. The van der Waals surface area contributed by atoms with Crippen molar-refractivity contribution in [1.82, 2.24) is 15.0 Å². The van der Waals surface area contributed by atoms with E-state index in [0.717, 1.165) is 16.3 Å². The summed E-state index contributed by atoms with van der Waals surface area (Å²) < 4.78 is 12.4. The Kier molecular flexibility index (Phi) is 6.75. The van der Waals surface area contributed by atoms with Crippen LogP contribution in [0.5, 0.6) is 11.5 Å². The van der Waals surface area contributed by atoms with Gasteiger partial charge in [-0.05, 0) is 36.8 Å². The van der Waals surface area contributed by atoms with E-state index in [2.05, 4.69) is 15.5 Å². The first-order valence-corrected chi connectivity index (χ1v) is 9.62. The number of nitrogens with zero attached hydrogens (tertiary/aromatic N) is 3. The number of pyridine rings is 1. The number of hydrogen-bond acceptors (Lipinski definition) is 7. The van der Waals surface area contributed by atoms with Gasteiger partial charge in [0.2, 0.25) is 0 Å². The van der Waals surface area contributed by atoms with Gasteiger partial charge in [-0.3, -0.25) is 9.59 Å². The van der Waals surface area contributed by atoms with Gasteiger partial charge in [-0.15, -0.1) is 11.3 Å². The van der Waals surface area contributed by atoms with Crippen LogP contribution in [0.15, 0.2) is 57.9 Å². The lowest BCUT2D eigenvalue weighted by molar-refractivity contribution is -0.121. The number of benzene rings is 1. The Morgan fingerprint density at radius 1 is 1.31 bits per heavy atom. The zero-order valence-corrected chi connectivity index (χ0v) is 16.8. The Balaban J connectivity index is 1.58. The van der Waals surface area contributed by atoms with Gasteiger partial charge in [-0.25, -0.2) is 10.4 Å². The number of amides is 1. The molecule has 0 saturated heterocycles. The van der Waals surface area contributed by atoms with Gasteiger partial charge in [0, 0.05) is 17.6 Å². The van der Waals surface area contributed by atoms with Gasteiger partial charge < -0.3 is 14.0 Å². The first kappa shape index (κ1) is 20.3. The van der Waals surface area contributed by atoms with Gasteiger partial charge in [0.25, 0.3) is 11.5 Å². The standard InChI is InChI=1S/C20H20N4O4S/c1-14-22-16(13-29-14)12-28-17-7-6-15(9-18(17)27-2)10-21-23-19(25)11-24-8-4-3-5-20(24)26/h3-10,13H,11-12H2,1-2H3,(H,23,25)/b21-10-. The van der Waals surface area contributed by atoms with E-state index in [1.54, 1.807) is 55.0 Å². The Labute approximate surface area is 171 Å². The molecule has 0 radical (unpaired) electrons. The summed E-state index contributed by atoms with van der Waals surface area (Å²) in [6.45, 7) is 2.19. The molecule has 0 atom stereocenters. The maximum Gasteiger partial charge on any atom is 0.260 e. The third kappa shape index (κ3) is 5.76. The largest absolute Gasteiger partial charge is 0.493 e. The molecule has 3 rings (SSSR count). The monoisotopic (exact) mass is 412 g/mol. The maximum atomic E-state index is 11.9. The quantitative estimate of drug-likeness (QED) is 0.453. The fraction of sp³-hybridized carbons (Fsp3) is 0.200. The fourth-order valence-corrected chi connectivity index (χ4v) is 3.07. The molecule has 2 aromatic heterocycles. The van der Waals surface area contributed by atoms with E-state index in [4.69, 9.17) is 9.47 Å². The first-order chi connectivity index (χ1) is 14.0. The van der Waals surface area contributed by atoms with Crippen LogP contribution in [0, 0.1) is 6.92 Å². The Morgan fingerprint density at radius 2 is 2.17 bits per heavy atom. The van der Waals surface area contributed by atoms with E-state index in [1.807, 2.05) is 12.3 Å². The molecule has 0 unspecified atom stereocenters. The topological polar surface area (TPSA) is 94.8 Å². The highest BCUT2D eigenvalue weighted by Gasteiger charge is 2.07. The summed E-state index contributed by atoms with van der Waals surface area (Å²) in [7, 11) is 1.55. The van der Waals surface area contributed by atoms with Crippen LogP contribution >= 0.6 is 11.3 Å². The van der Waals surface area contributed by atoms with Gasteiger partial charge in [0.15, 0.2) is 11.5 Å². The molecule has 1 amide bonds. The number of ether oxygens (including phenoxy) is 2. The van der Waals surface area contributed by atoms with Crippen molar-refractivity contribution in [2.24, 2.45) is 5.10 Å². The van der Waals surface area contributed by atoms with Crippen molar-refractivity contribution in [3.8, 4) is 11.5 Å². The lowest BCUT2D eigenvalue weighted by Gasteiger charge is -2.10. The zero-order valence-electron chi connectivity index (χ0n) is 16.0. The van der Waals surface area contributed by atoms with Gasteiger partial charge in [-0.2, -0.15) is 5.10 Å². The molecule has 3 aromatic rings. The smallest absolute Gasteiger partial charge is 0.260 e. The molecule has 0 bridgehead atoms. The molecule has 1 N–H and O–H groups in total. The van der Waals surface area contributed by atoms with Crippen molar-refractivity contribution < 1.29 is 14.3 Å². The molecule has 0 saturated carbocycles. The van der Waals surface area contributed by atoms with Crippen molar-refractivity contribution in [2.45, 2.75) is 20.1 Å².